The average molecular weight is 356 g/mol. The quantitative estimate of drug-likeness (QED) is 0.801. The number of piperazine rings is 1. The predicted molar refractivity (Wildman–Crippen MR) is 87.5 cm³/mol. The van der Waals surface area contributed by atoms with E-state index in [9.17, 15) is 17.6 Å². The van der Waals surface area contributed by atoms with Crippen molar-refractivity contribution in [3.05, 3.63) is 29.6 Å². The molecule has 2 heterocycles. The molecule has 1 amide bonds. The number of halogens is 1. The molecule has 6 nitrogen and oxygen atoms in total. The Bertz CT molecular complexity index is 730. The van der Waals surface area contributed by atoms with Gasteiger partial charge in [0.1, 0.15) is 0 Å². The van der Waals surface area contributed by atoms with Crippen molar-refractivity contribution in [2.24, 2.45) is 0 Å². The van der Waals surface area contributed by atoms with Gasteiger partial charge in [-0.1, -0.05) is 0 Å². The number of carbonyl (C=O) groups is 1. The van der Waals surface area contributed by atoms with Crippen LogP contribution in [-0.2, 0) is 9.84 Å². The van der Waals surface area contributed by atoms with Crippen LogP contribution in [0.15, 0.2) is 18.2 Å². The first kappa shape index (κ1) is 17.2. The maximum absolute atomic E-state index is 13.8. The molecule has 1 atom stereocenters. The Hall–Kier alpha value is -1.67. The molecule has 2 fully saturated rings. The molecule has 0 unspecified atom stereocenters. The Balaban J connectivity index is 1.60. The van der Waals surface area contributed by atoms with E-state index >= 15 is 0 Å². The van der Waals surface area contributed by atoms with Crippen LogP contribution in [0.5, 0.6) is 5.75 Å². The molecule has 2 aliphatic heterocycles. The molecular formula is C16H21FN2O4S. The van der Waals surface area contributed by atoms with Crippen molar-refractivity contribution >= 4 is 15.7 Å². The summed E-state index contributed by atoms with van der Waals surface area (Å²) in [6, 6.07) is 4.25. The van der Waals surface area contributed by atoms with Crippen molar-refractivity contribution < 1.29 is 22.3 Å². The highest BCUT2D eigenvalue weighted by Gasteiger charge is 2.34. The Morgan fingerprint density at radius 3 is 2.50 bits per heavy atom. The number of rotatable bonds is 3. The van der Waals surface area contributed by atoms with E-state index in [1.165, 1.54) is 19.2 Å². The number of ether oxygens (including phenoxy) is 1. The molecule has 2 saturated heterocycles. The molecule has 0 saturated carbocycles. The second-order valence-electron chi connectivity index (χ2n) is 6.23. The average Bonchev–Trinajstić information content (AvgIpc) is 2.94. The Morgan fingerprint density at radius 1 is 1.25 bits per heavy atom. The maximum Gasteiger partial charge on any atom is 0.254 e. The minimum absolute atomic E-state index is 0.0608. The van der Waals surface area contributed by atoms with Crippen LogP contribution in [0, 0.1) is 5.82 Å². The molecule has 0 aromatic heterocycles. The maximum atomic E-state index is 13.8. The summed E-state index contributed by atoms with van der Waals surface area (Å²) >= 11 is 0. The Labute approximate surface area is 141 Å². The molecule has 0 bridgehead atoms. The molecule has 0 radical (unpaired) electrons. The summed E-state index contributed by atoms with van der Waals surface area (Å²) in [7, 11) is -1.53. The summed E-state index contributed by atoms with van der Waals surface area (Å²) in [6.07, 6.45) is 0.667. The first-order chi connectivity index (χ1) is 11.4. The molecular weight excluding hydrogens is 335 g/mol. The smallest absolute Gasteiger partial charge is 0.254 e. The third-order valence-corrected chi connectivity index (χ3v) is 6.48. The lowest BCUT2D eigenvalue weighted by Crippen LogP contribution is -2.52. The number of nitrogens with zero attached hydrogens (tertiary/aromatic N) is 2. The van der Waals surface area contributed by atoms with Gasteiger partial charge < -0.3 is 9.64 Å². The first-order valence-electron chi connectivity index (χ1n) is 7.97. The lowest BCUT2D eigenvalue weighted by Gasteiger charge is -2.37. The zero-order valence-corrected chi connectivity index (χ0v) is 14.4. The van der Waals surface area contributed by atoms with E-state index < -0.39 is 15.7 Å². The van der Waals surface area contributed by atoms with E-state index in [0.717, 1.165) is 0 Å². The molecule has 132 valence electrons. The summed E-state index contributed by atoms with van der Waals surface area (Å²) in [5.74, 6) is -0.195. The standard InChI is InChI=1S/C16H21FN2O4S/c1-23-15-3-2-12(10-14(15)17)16(20)19-7-5-18(6-8-19)13-4-9-24(21,22)11-13/h2-3,10,13H,4-9,11H2,1H3/t13-/m1/s1. The van der Waals surface area contributed by atoms with Gasteiger partial charge >= 0.3 is 0 Å². The topological polar surface area (TPSA) is 66.9 Å². The number of carbonyl (C=O) groups excluding carboxylic acids is 1. The zero-order valence-electron chi connectivity index (χ0n) is 13.6. The van der Waals surface area contributed by atoms with E-state index in [0.29, 0.717) is 38.2 Å². The molecule has 1 aromatic carbocycles. The third-order valence-electron chi connectivity index (χ3n) is 4.73. The highest BCUT2D eigenvalue weighted by molar-refractivity contribution is 7.91. The zero-order chi connectivity index (χ0) is 17.3. The summed E-state index contributed by atoms with van der Waals surface area (Å²) in [5.41, 5.74) is 0.296. The fourth-order valence-corrected chi connectivity index (χ4v) is 5.10. The van der Waals surface area contributed by atoms with Crippen molar-refractivity contribution in [3.63, 3.8) is 0 Å². The number of methoxy groups -OCH3 is 1. The number of hydrogen-bond donors (Lipinski definition) is 0. The van der Waals surface area contributed by atoms with E-state index in [-0.39, 0.29) is 29.2 Å². The molecule has 1 aromatic rings. The van der Waals surface area contributed by atoms with E-state index in [2.05, 4.69) is 4.90 Å². The highest BCUT2D eigenvalue weighted by Crippen LogP contribution is 2.21. The van der Waals surface area contributed by atoms with Gasteiger partial charge in [0.25, 0.3) is 5.91 Å². The summed E-state index contributed by atoms with van der Waals surface area (Å²) < 4.78 is 41.8. The summed E-state index contributed by atoms with van der Waals surface area (Å²) in [6.45, 7) is 2.32. The predicted octanol–water partition coefficient (Wildman–Crippen LogP) is 0.779. The Morgan fingerprint density at radius 2 is 1.96 bits per heavy atom. The van der Waals surface area contributed by atoms with Crippen LogP contribution < -0.4 is 4.74 Å². The van der Waals surface area contributed by atoms with Gasteiger partial charge in [0.05, 0.1) is 18.6 Å². The largest absolute Gasteiger partial charge is 0.494 e. The van der Waals surface area contributed by atoms with Crippen molar-refractivity contribution in [1.29, 1.82) is 0 Å². The minimum Gasteiger partial charge on any atom is -0.494 e. The Kier molecular flexibility index (Phi) is 4.78. The number of hydrogen-bond acceptors (Lipinski definition) is 5. The van der Waals surface area contributed by atoms with Crippen molar-refractivity contribution in [1.82, 2.24) is 9.80 Å². The van der Waals surface area contributed by atoms with E-state index in [4.69, 9.17) is 4.74 Å². The monoisotopic (exact) mass is 356 g/mol. The number of amides is 1. The summed E-state index contributed by atoms with van der Waals surface area (Å²) in [5, 5.41) is 0. The van der Waals surface area contributed by atoms with Crippen LogP contribution in [0.4, 0.5) is 4.39 Å². The van der Waals surface area contributed by atoms with Gasteiger partial charge in [0, 0.05) is 37.8 Å². The number of sulfone groups is 1. The molecule has 0 spiro atoms. The lowest BCUT2D eigenvalue weighted by atomic mass is 10.1. The molecule has 2 aliphatic rings. The molecule has 3 rings (SSSR count). The normalized spacial score (nSPS) is 24.1. The van der Waals surface area contributed by atoms with Gasteiger partial charge in [0.15, 0.2) is 21.4 Å². The van der Waals surface area contributed by atoms with Crippen LogP contribution in [0.2, 0.25) is 0 Å². The molecule has 24 heavy (non-hydrogen) atoms. The van der Waals surface area contributed by atoms with Gasteiger partial charge in [-0.05, 0) is 24.6 Å². The van der Waals surface area contributed by atoms with Crippen LogP contribution in [0.1, 0.15) is 16.8 Å². The number of benzene rings is 1. The highest BCUT2D eigenvalue weighted by atomic mass is 32.2. The molecule has 0 aliphatic carbocycles. The fraction of sp³-hybridized carbons (Fsp3) is 0.562. The first-order valence-corrected chi connectivity index (χ1v) is 9.79. The molecule has 0 N–H and O–H groups in total. The SMILES string of the molecule is COc1ccc(C(=O)N2CCN([C@@H]3CCS(=O)(=O)C3)CC2)cc1F. The molecule has 8 heteroatoms. The second-order valence-corrected chi connectivity index (χ2v) is 8.46. The second kappa shape index (κ2) is 6.68. The van der Waals surface area contributed by atoms with Gasteiger partial charge in [-0.3, -0.25) is 9.69 Å². The van der Waals surface area contributed by atoms with Gasteiger partial charge in [-0.25, -0.2) is 12.8 Å². The lowest BCUT2D eigenvalue weighted by molar-refractivity contribution is 0.0587. The third kappa shape index (κ3) is 3.54. The van der Waals surface area contributed by atoms with Crippen LogP contribution in [0.3, 0.4) is 0 Å². The summed E-state index contributed by atoms with van der Waals surface area (Å²) in [4.78, 5) is 16.3. The van der Waals surface area contributed by atoms with Gasteiger partial charge in [-0.15, -0.1) is 0 Å². The van der Waals surface area contributed by atoms with E-state index in [1.807, 2.05) is 0 Å². The van der Waals surface area contributed by atoms with Gasteiger partial charge in [-0.2, -0.15) is 0 Å². The van der Waals surface area contributed by atoms with Crippen LogP contribution >= 0.6 is 0 Å². The van der Waals surface area contributed by atoms with Crippen LogP contribution in [-0.4, -0.2) is 75.0 Å². The van der Waals surface area contributed by atoms with Gasteiger partial charge in [0.2, 0.25) is 0 Å². The van der Waals surface area contributed by atoms with Crippen molar-refractivity contribution in [2.75, 3.05) is 44.8 Å². The van der Waals surface area contributed by atoms with E-state index in [1.54, 1.807) is 11.0 Å². The fourth-order valence-electron chi connectivity index (χ4n) is 3.34. The van der Waals surface area contributed by atoms with Crippen molar-refractivity contribution in [2.45, 2.75) is 12.5 Å². The minimum atomic E-state index is -2.90. The van der Waals surface area contributed by atoms with Crippen LogP contribution in [0.25, 0.3) is 0 Å². The van der Waals surface area contributed by atoms with Crippen molar-refractivity contribution in [3.8, 4) is 5.75 Å².